The van der Waals surface area contributed by atoms with Gasteiger partial charge in [-0.2, -0.15) is 0 Å². The van der Waals surface area contributed by atoms with Crippen LogP contribution in [0.25, 0.3) is 0 Å². The maximum absolute atomic E-state index is 12.9. The Bertz CT molecular complexity index is 624. The third kappa shape index (κ3) is 7.00. The molecular weight excluding hydrogens is 386 g/mol. The Balaban J connectivity index is 0.00000300. The first kappa shape index (κ1) is 23.7. The van der Waals surface area contributed by atoms with Crippen molar-refractivity contribution in [2.75, 3.05) is 39.3 Å². The van der Waals surface area contributed by atoms with E-state index in [1.165, 1.54) is 5.56 Å². The van der Waals surface area contributed by atoms with Gasteiger partial charge in [-0.05, 0) is 56.7 Å². The molecule has 29 heavy (non-hydrogen) atoms. The molecule has 0 aliphatic carbocycles. The maximum Gasteiger partial charge on any atom is 0.225 e. The molecule has 1 aromatic carbocycles. The molecule has 2 heterocycles. The highest BCUT2D eigenvalue weighted by atomic mass is 35.5. The van der Waals surface area contributed by atoms with E-state index in [1.807, 2.05) is 23.1 Å². The van der Waals surface area contributed by atoms with Crippen LogP contribution in [0.3, 0.4) is 0 Å². The molecule has 162 valence electrons. The summed E-state index contributed by atoms with van der Waals surface area (Å²) in [4.78, 5) is 29.4. The molecule has 1 aromatic rings. The monoisotopic (exact) mass is 421 g/mol. The van der Waals surface area contributed by atoms with E-state index in [9.17, 15) is 9.59 Å². The van der Waals surface area contributed by atoms with Gasteiger partial charge in [-0.3, -0.25) is 9.59 Å². The zero-order valence-electron chi connectivity index (χ0n) is 17.6. The Morgan fingerprint density at radius 1 is 0.966 bits per heavy atom. The maximum atomic E-state index is 12.9. The number of nitrogens with one attached hydrogen (secondary N) is 1. The lowest BCUT2D eigenvalue weighted by atomic mass is 9.92. The van der Waals surface area contributed by atoms with E-state index in [0.29, 0.717) is 18.2 Å². The molecule has 2 saturated heterocycles. The van der Waals surface area contributed by atoms with Gasteiger partial charge in [-0.15, -0.1) is 12.4 Å². The van der Waals surface area contributed by atoms with E-state index >= 15 is 0 Å². The number of carbonyl (C=O) groups is 2. The van der Waals surface area contributed by atoms with E-state index in [1.54, 1.807) is 0 Å². The number of benzene rings is 1. The molecule has 0 radical (unpaired) electrons. The number of rotatable bonds is 7. The number of piperidine rings is 2. The Morgan fingerprint density at radius 2 is 1.59 bits per heavy atom. The van der Waals surface area contributed by atoms with Crippen molar-refractivity contribution in [2.24, 2.45) is 11.8 Å². The molecule has 3 rings (SSSR count). The molecular formula is C23H36ClN3O2. The average Bonchev–Trinajstić information content (AvgIpc) is 2.76. The van der Waals surface area contributed by atoms with Crippen molar-refractivity contribution in [2.45, 2.75) is 45.4 Å². The lowest BCUT2D eigenvalue weighted by Gasteiger charge is -2.37. The lowest BCUT2D eigenvalue weighted by Crippen LogP contribution is -2.47. The quantitative estimate of drug-likeness (QED) is 0.735. The van der Waals surface area contributed by atoms with Gasteiger partial charge in [-0.25, -0.2) is 0 Å². The molecule has 5 nitrogen and oxygen atoms in total. The molecule has 0 aromatic heterocycles. The van der Waals surface area contributed by atoms with Crippen molar-refractivity contribution in [1.29, 1.82) is 0 Å². The number of likely N-dealkylation sites (tertiary alicyclic amines) is 2. The van der Waals surface area contributed by atoms with Crippen molar-refractivity contribution in [1.82, 2.24) is 15.1 Å². The Kier molecular flexibility index (Phi) is 9.95. The van der Waals surface area contributed by atoms with Gasteiger partial charge in [0, 0.05) is 38.5 Å². The topological polar surface area (TPSA) is 52.7 Å². The van der Waals surface area contributed by atoms with Gasteiger partial charge in [0.05, 0.1) is 0 Å². The summed E-state index contributed by atoms with van der Waals surface area (Å²) in [5, 5.41) is 3.42. The van der Waals surface area contributed by atoms with Gasteiger partial charge >= 0.3 is 0 Å². The number of nitrogens with zero attached hydrogens (tertiary/aromatic N) is 2. The van der Waals surface area contributed by atoms with Crippen LogP contribution in [0.2, 0.25) is 0 Å². The molecule has 6 heteroatoms. The minimum absolute atomic E-state index is 0. The number of amides is 2. The van der Waals surface area contributed by atoms with Gasteiger partial charge in [0.1, 0.15) is 0 Å². The van der Waals surface area contributed by atoms with Gasteiger partial charge in [-0.1, -0.05) is 37.3 Å². The standard InChI is InChI=1S/C23H35N3O2.ClH/c1-2-24-18-20-10-14-26(15-11-20)23(28)21-12-16-25(17-13-21)22(27)9-8-19-6-4-3-5-7-19;/h3-7,20-21,24H,2,8-18H2,1H3;1H. The van der Waals surface area contributed by atoms with E-state index in [0.717, 1.165) is 71.4 Å². The summed E-state index contributed by atoms with van der Waals surface area (Å²) in [7, 11) is 0. The molecule has 1 N–H and O–H groups in total. The number of hydrogen-bond donors (Lipinski definition) is 1. The summed E-state index contributed by atoms with van der Waals surface area (Å²) in [5.74, 6) is 1.34. The number of halogens is 1. The van der Waals surface area contributed by atoms with Crippen molar-refractivity contribution >= 4 is 24.2 Å². The third-order valence-electron chi connectivity index (χ3n) is 6.28. The molecule has 2 amide bonds. The van der Waals surface area contributed by atoms with E-state index in [2.05, 4.69) is 29.3 Å². The van der Waals surface area contributed by atoms with Crippen LogP contribution in [0.4, 0.5) is 0 Å². The normalized spacial score (nSPS) is 18.4. The van der Waals surface area contributed by atoms with Crippen molar-refractivity contribution in [3.8, 4) is 0 Å². The highest BCUT2D eigenvalue weighted by Gasteiger charge is 2.31. The first-order valence-electron chi connectivity index (χ1n) is 11.0. The molecule has 0 bridgehead atoms. The molecule has 2 fully saturated rings. The minimum atomic E-state index is 0. The van der Waals surface area contributed by atoms with Crippen LogP contribution in [0, 0.1) is 11.8 Å². The summed E-state index contributed by atoms with van der Waals surface area (Å²) < 4.78 is 0. The average molecular weight is 422 g/mol. The van der Waals surface area contributed by atoms with Crippen molar-refractivity contribution in [3.63, 3.8) is 0 Å². The van der Waals surface area contributed by atoms with Crippen LogP contribution in [-0.2, 0) is 16.0 Å². The van der Waals surface area contributed by atoms with Crippen molar-refractivity contribution < 1.29 is 9.59 Å². The van der Waals surface area contributed by atoms with Crippen molar-refractivity contribution in [3.05, 3.63) is 35.9 Å². The van der Waals surface area contributed by atoms with Crippen LogP contribution >= 0.6 is 12.4 Å². The minimum Gasteiger partial charge on any atom is -0.343 e. The van der Waals surface area contributed by atoms with E-state index < -0.39 is 0 Å². The van der Waals surface area contributed by atoms with E-state index in [-0.39, 0.29) is 24.2 Å². The highest BCUT2D eigenvalue weighted by Crippen LogP contribution is 2.24. The van der Waals surface area contributed by atoms with Crippen LogP contribution in [0.15, 0.2) is 30.3 Å². The fourth-order valence-electron chi connectivity index (χ4n) is 4.39. The van der Waals surface area contributed by atoms with E-state index in [4.69, 9.17) is 0 Å². The number of carbonyl (C=O) groups excluding carboxylic acids is 2. The fraction of sp³-hybridized carbons (Fsp3) is 0.652. The molecule has 2 aliphatic heterocycles. The summed E-state index contributed by atoms with van der Waals surface area (Å²) in [6, 6.07) is 10.2. The first-order chi connectivity index (χ1) is 13.7. The second kappa shape index (κ2) is 12.2. The van der Waals surface area contributed by atoms with Crippen LogP contribution < -0.4 is 5.32 Å². The Hall–Kier alpha value is -1.59. The second-order valence-electron chi connectivity index (χ2n) is 8.22. The SMILES string of the molecule is CCNCC1CCN(C(=O)C2CCN(C(=O)CCc3ccccc3)CC2)CC1.Cl. The Morgan fingerprint density at radius 3 is 2.21 bits per heavy atom. The predicted octanol–water partition coefficient (Wildman–Crippen LogP) is 3.13. The molecule has 2 aliphatic rings. The van der Waals surface area contributed by atoms with Crippen LogP contribution in [-0.4, -0.2) is 60.9 Å². The van der Waals surface area contributed by atoms with Gasteiger partial charge < -0.3 is 15.1 Å². The summed E-state index contributed by atoms with van der Waals surface area (Å²) in [6.45, 7) is 7.46. The number of aryl methyl sites for hydroxylation is 1. The fourth-order valence-corrected chi connectivity index (χ4v) is 4.39. The van der Waals surface area contributed by atoms with Crippen LogP contribution in [0.1, 0.15) is 44.6 Å². The molecule has 0 saturated carbocycles. The van der Waals surface area contributed by atoms with Gasteiger partial charge in [0.2, 0.25) is 11.8 Å². The predicted molar refractivity (Wildman–Crippen MR) is 119 cm³/mol. The summed E-state index contributed by atoms with van der Waals surface area (Å²) in [6.07, 6.45) is 5.19. The van der Waals surface area contributed by atoms with Crippen LogP contribution in [0.5, 0.6) is 0 Å². The summed E-state index contributed by atoms with van der Waals surface area (Å²) >= 11 is 0. The summed E-state index contributed by atoms with van der Waals surface area (Å²) in [5.41, 5.74) is 1.21. The zero-order valence-corrected chi connectivity index (χ0v) is 18.5. The second-order valence-corrected chi connectivity index (χ2v) is 8.22. The van der Waals surface area contributed by atoms with Gasteiger partial charge in [0.15, 0.2) is 0 Å². The largest absolute Gasteiger partial charge is 0.343 e. The Labute approximate surface area is 181 Å². The lowest BCUT2D eigenvalue weighted by molar-refractivity contribution is -0.141. The molecule has 0 atom stereocenters. The highest BCUT2D eigenvalue weighted by molar-refractivity contribution is 5.85. The molecule has 0 unspecified atom stereocenters. The zero-order chi connectivity index (χ0) is 19.8. The smallest absolute Gasteiger partial charge is 0.225 e. The first-order valence-corrected chi connectivity index (χ1v) is 11.0. The molecule has 0 spiro atoms. The third-order valence-corrected chi connectivity index (χ3v) is 6.28. The number of hydrogen-bond acceptors (Lipinski definition) is 3. The van der Waals surface area contributed by atoms with Gasteiger partial charge in [0.25, 0.3) is 0 Å².